The van der Waals surface area contributed by atoms with Crippen LogP contribution in [0.2, 0.25) is 0 Å². The minimum atomic E-state index is -2.27. The van der Waals surface area contributed by atoms with Crippen LogP contribution in [0.25, 0.3) is 0 Å². The van der Waals surface area contributed by atoms with E-state index in [-0.39, 0.29) is 0 Å². The fourth-order valence-corrected chi connectivity index (χ4v) is 0. The fraction of sp³-hybridized carbons (Fsp3) is 0. The van der Waals surface area contributed by atoms with E-state index in [0.29, 0.717) is 0 Å². The van der Waals surface area contributed by atoms with E-state index in [1.165, 1.54) is 16.2 Å². The van der Waals surface area contributed by atoms with Gasteiger partial charge in [0.05, 0.1) is 0 Å². The molecule has 0 spiro atoms. The summed E-state index contributed by atoms with van der Waals surface area (Å²) in [6.07, 6.45) is 0. The Bertz CT molecular complexity index is 36.2. The number of hydrogen-bond acceptors (Lipinski definition) is 3. The standard InChI is InChI=1S/Cr.3O.Zr. The summed E-state index contributed by atoms with van der Waals surface area (Å²) in [5.41, 5.74) is 0. The van der Waals surface area contributed by atoms with Gasteiger partial charge in [-0.1, -0.05) is 0 Å². The molecule has 0 aromatic carbocycles. The molecule has 28 valence electrons. The van der Waals surface area contributed by atoms with Crippen LogP contribution in [-0.2, 0) is 48.9 Å². The summed E-state index contributed by atoms with van der Waals surface area (Å²) in [6, 6.07) is 0. The van der Waals surface area contributed by atoms with E-state index >= 15 is 0 Å². The van der Waals surface area contributed by atoms with Crippen LogP contribution in [0.1, 0.15) is 0 Å². The second kappa shape index (κ2) is 21.3. The van der Waals surface area contributed by atoms with E-state index < -0.39 is 23.2 Å². The molecule has 0 N–H and O–H groups in total. The van der Waals surface area contributed by atoms with Gasteiger partial charge in [-0.25, -0.2) is 0 Å². The SMILES string of the molecule is [O]=[Cr].[O]=[Zr]=[O]. The first-order valence-electron chi connectivity index (χ1n) is 0.575. The Balaban J connectivity index is 0. The zero-order chi connectivity index (χ0) is 4.71. The summed E-state index contributed by atoms with van der Waals surface area (Å²) in [4.78, 5) is 0. The first kappa shape index (κ1) is 9.26. The average Bonchev–Trinajstić information content (AvgIpc) is 1.46. The quantitative estimate of drug-likeness (QED) is 0.525. The second-order valence-corrected chi connectivity index (χ2v) is 0.493. The van der Waals surface area contributed by atoms with Crippen molar-refractivity contribution in [1.29, 1.82) is 0 Å². The van der Waals surface area contributed by atoms with Crippen molar-refractivity contribution in [2.45, 2.75) is 0 Å². The maximum atomic E-state index is 8.54. The van der Waals surface area contributed by atoms with Gasteiger partial charge < -0.3 is 0 Å². The predicted molar refractivity (Wildman–Crippen MR) is 2.06 cm³/mol. The summed E-state index contributed by atoms with van der Waals surface area (Å²) in [6.45, 7) is 0. The van der Waals surface area contributed by atoms with Gasteiger partial charge in [-0.15, -0.1) is 0 Å². The summed E-state index contributed by atoms with van der Waals surface area (Å²) < 4.78 is 25.2. The van der Waals surface area contributed by atoms with E-state index in [1.54, 1.807) is 0 Å². The van der Waals surface area contributed by atoms with E-state index in [2.05, 4.69) is 0 Å². The molecule has 0 rings (SSSR count). The van der Waals surface area contributed by atoms with Gasteiger partial charge in [-0.3, -0.25) is 0 Å². The monoisotopic (exact) mass is 190 g/mol. The summed E-state index contributed by atoms with van der Waals surface area (Å²) in [7, 11) is 0. The summed E-state index contributed by atoms with van der Waals surface area (Å²) in [5, 5.41) is 0. The molecule has 0 radical (unpaired) electrons. The Hall–Kier alpha value is 0.816. The van der Waals surface area contributed by atoms with Gasteiger partial charge in [-0.05, 0) is 0 Å². The van der Waals surface area contributed by atoms with Gasteiger partial charge in [0, 0.05) is 0 Å². The van der Waals surface area contributed by atoms with Crippen molar-refractivity contribution in [3.63, 3.8) is 0 Å². The molecule has 0 unspecified atom stereocenters. The van der Waals surface area contributed by atoms with Gasteiger partial charge in [0.25, 0.3) is 0 Å². The topological polar surface area (TPSA) is 51.2 Å². The van der Waals surface area contributed by atoms with Crippen LogP contribution in [0, 0.1) is 0 Å². The predicted octanol–water partition coefficient (Wildman–Crippen LogP) is -0.361. The van der Waals surface area contributed by atoms with Crippen molar-refractivity contribution in [2.24, 2.45) is 0 Å². The molecular weight excluding hydrogens is 191 g/mol. The minimum absolute atomic E-state index is 1.38. The van der Waals surface area contributed by atoms with Gasteiger partial charge in [0.15, 0.2) is 0 Å². The Kier molecular flexibility index (Phi) is 39.4. The van der Waals surface area contributed by atoms with Crippen molar-refractivity contribution in [2.75, 3.05) is 0 Å². The van der Waals surface area contributed by atoms with E-state index in [4.69, 9.17) is 9.43 Å². The van der Waals surface area contributed by atoms with Crippen molar-refractivity contribution >= 4 is 0 Å². The van der Waals surface area contributed by atoms with Gasteiger partial charge >= 0.3 is 48.9 Å². The van der Waals surface area contributed by atoms with Crippen LogP contribution in [0.15, 0.2) is 0 Å². The molecular formula is CrO3Zr. The zero-order valence-corrected chi connectivity index (χ0v) is 5.87. The van der Waals surface area contributed by atoms with E-state index in [1.807, 2.05) is 0 Å². The Morgan fingerprint density at radius 3 is 1.20 bits per heavy atom. The molecule has 0 heterocycles. The zero-order valence-electron chi connectivity index (χ0n) is 2.13. The van der Waals surface area contributed by atoms with Crippen LogP contribution in [-0.4, -0.2) is 0 Å². The first-order valence-corrected chi connectivity index (χ1v) is 3.10. The van der Waals surface area contributed by atoms with Gasteiger partial charge in [0.2, 0.25) is 0 Å². The molecule has 5 heavy (non-hydrogen) atoms. The van der Waals surface area contributed by atoms with Gasteiger partial charge in [-0.2, -0.15) is 0 Å². The average molecular weight is 191 g/mol. The molecule has 0 amide bonds. The van der Waals surface area contributed by atoms with Crippen LogP contribution in [0.3, 0.4) is 0 Å². The van der Waals surface area contributed by atoms with E-state index in [0.717, 1.165) is 0 Å². The molecule has 0 saturated carbocycles. The molecule has 0 fully saturated rings. The van der Waals surface area contributed by atoms with Crippen molar-refractivity contribution in [1.82, 2.24) is 0 Å². The van der Waals surface area contributed by atoms with Gasteiger partial charge in [0.1, 0.15) is 0 Å². The molecule has 0 saturated heterocycles. The second-order valence-electron chi connectivity index (χ2n) is 0.0833. The van der Waals surface area contributed by atoms with Crippen LogP contribution >= 0.6 is 0 Å². The number of rotatable bonds is 0. The molecule has 3 nitrogen and oxygen atoms in total. The van der Waals surface area contributed by atoms with Crippen molar-refractivity contribution in [3.05, 3.63) is 0 Å². The van der Waals surface area contributed by atoms with Crippen molar-refractivity contribution < 1.29 is 48.9 Å². The Morgan fingerprint density at radius 2 is 1.20 bits per heavy atom. The third-order valence-corrected chi connectivity index (χ3v) is 0. The molecule has 0 aromatic heterocycles. The van der Waals surface area contributed by atoms with Crippen molar-refractivity contribution in [3.8, 4) is 0 Å². The molecule has 0 aliphatic rings. The Labute approximate surface area is 48.8 Å². The molecule has 0 bridgehead atoms. The van der Waals surface area contributed by atoms with Crippen LogP contribution < -0.4 is 0 Å². The molecule has 0 atom stereocenters. The number of hydrogen-bond donors (Lipinski definition) is 0. The fourth-order valence-electron chi connectivity index (χ4n) is 0. The van der Waals surface area contributed by atoms with E-state index in [9.17, 15) is 0 Å². The molecule has 0 aromatic rings. The summed E-state index contributed by atoms with van der Waals surface area (Å²) in [5.74, 6) is 0. The maximum absolute atomic E-state index is 8.54. The van der Waals surface area contributed by atoms with Crippen LogP contribution in [0.4, 0.5) is 0 Å². The molecule has 0 aliphatic heterocycles. The van der Waals surface area contributed by atoms with Crippen LogP contribution in [0.5, 0.6) is 0 Å². The summed E-state index contributed by atoms with van der Waals surface area (Å²) >= 11 is -0.895. The Morgan fingerprint density at radius 1 is 1.20 bits per heavy atom. The third kappa shape index (κ3) is 57.4. The molecule has 0 aliphatic carbocycles. The normalized spacial score (nSPS) is 2.40. The first-order chi connectivity index (χ1) is 2.41. The third-order valence-electron chi connectivity index (χ3n) is 0. The molecule has 5 heteroatoms.